The van der Waals surface area contributed by atoms with Crippen molar-refractivity contribution in [1.29, 1.82) is 0 Å². The predicted molar refractivity (Wildman–Crippen MR) is 70.5 cm³/mol. The molecule has 0 heterocycles. The van der Waals surface area contributed by atoms with Gasteiger partial charge in [-0.1, -0.05) is 37.6 Å². The van der Waals surface area contributed by atoms with Gasteiger partial charge in [0, 0.05) is 17.8 Å². The van der Waals surface area contributed by atoms with E-state index < -0.39 is 0 Å². The second-order valence-corrected chi connectivity index (χ2v) is 4.25. The first kappa shape index (κ1) is 11.0. The highest BCUT2D eigenvalue weighted by Gasteiger charge is 1.99. The summed E-state index contributed by atoms with van der Waals surface area (Å²) in [4.78, 5) is 0. The second kappa shape index (κ2) is 5.55. The fourth-order valence-electron chi connectivity index (χ4n) is 1.86. The van der Waals surface area contributed by atoms with Crippen molar-refractivity contribution in [3.63, 3.8) is 0 Å². The lowest BCUT2D eigenvalue weighted by molar-refractivity contribution is 0.795. The van der Waals surface area contributed by atoms with Crippen molar-refractivity contribution in [2.75, 3.05) is 5.32 Å². The fourth-order valence-corrected chi connectivity index (χ4v) is 1.86. The van der Waals surface area contributed by atoms with E-state index in [0.29, 0.717) is 0 Å². The quantitative estimate of drug-likeness (QED) is 0.769. The summed E-state index contributed by atoms with van der Waals surface area (Å²) in [7, 11) is 0. The lowest BCUT2D eigenvalue weighted by atomic mass is 10.1. The first-order chi connectivity index (χ1) is 7.88. The third-order valence-corrected chi connectivity index (χ3v) is 2.85. The van der Waals surface area contributed by atoms with Crippen molar-refractivity contribution in [2.45, 2.75) is 32.6 Å². The number of hydrogen-bond acceptors (Lipinski definition) is 1. The van der Waals surface area contributed by atoms with Gasteiger partial charge in [0.15, 0.2) is 0 Å². The lowest BCUT2D eigenvalue weighted by Gasteiger charge is -2.08. The van der Waals surface area contributed by atoms with Gasteiger partial charge in [-0.3, -0.25) is 0 Å². The van der Waals surface area contributed by atoms with Gasteiger partial charge in [-0.15, -0.1) is 0 Å². The van der Waals surface area contributed by atoms with Crippen molar-refractivity contribution >= 4 is 5.69 Å². The molecule has 1 aromatic rings. The molecule has 0 unspecified atom stereocenters. The Morgan fingerprint density at radius 1 is 1.19 bits per heavy atom. The molecule has 0 saturated heterocycles. The van der Waals surface area contributed by atoms with Crippen LogP contribution in [0.15, 0.2) is 48.2 Å². The van der Waals surface area contributed by atoms with E-state index in [9.17, 15) is 0 Å². The fraction of sp³-hybridized carbons (Fsp3) is 0.333. The van der Waals surface area contributed by atoms with Gasteiger partial charge in [0.2, 0.25) is 0 Å². The van der Waals surface area contributed by atoms with E-state index in [1.807, 2.05) is 0 Å². The van der Waals surface area contributed by atoms with E-state index in [2.05, 4.69) is 54.7 Å². The van der Waals surface area contributed by atoms with Gasteiger partial charge < -0.3 is 5.32 Å². The molecule has 1 N–H and O–H groups in total. The van der Waals surface area contributed by atoms with Gasteiger partial charge in [0.1, 0.15) is 0 Å². The maximum atomic E-state index is 3.42. The normalized spacial score (nSPS) is 13.9. The molecule has 1 nitrogen and oxygen atoms in total. The minimum absolute atomic E-state index is 1.03. The van der Waals surface area contributed by atoms with Crippen LogP contribution in [-0.4, -0.2) is 0 Å². The van der Waals surface area contributed by atoms with E-state index in [1.54, 1.807) is 0 Å². The minimum Gasteiger partial charge on any atom is -0.359 e. The van der Waals surface area contributed by atoms with Crippen LogP contribution >= 0.6 is 0 Å². The highest BCUT2D eigenvalue weighted by Crippen LogP contribution is 2.17. The molecule has 1 aromatic carbocycles. The number of rotatable bonds is 5. The Hall–Kier alpha value is -1.50. The Kier molecular flexibility index (Phi) is 3.81. The van der Waals surface area contributed by atoms with Crippen molar-refractivity contribution < 1.29 is 0 Å². The van der Waals surface area contributed by atoms with E-state index in [0.717, 1.165) is 6.42 Å². The largest absolute Gasteiger partial charge is 0.359 e. The smallest absolute Gasteiger partial charge is 0.0382 e. The molecule has 16 heavy (non-hydrogen) atoms. The number of benzene rings is 1. The van der Waals surface area contributed by atoms with Gasteiger partial charge in [0.05, 0.1) is 0 Å². The topological polar surface area (TPSA) is 12.0 Å². The lowest BCUT2D eigenvalue weighted by Crippen LogP contribution is -1.96. The van der Waals surface area contributed by atoms with Crippen LogP contribution in [-0.2, 0) is 6.42 Å². The number of hydrogen-bond donors (Lipinski definition) is 1. The van der Waals surface area contributed by atoms with Crippen molar-refractivity contribution in [2.24, 2.45) is 0 Å². The SMILES string of the molecule is CCCCc1ccc(NC2=CC=CC2)cc1. The molecule has 2 rings (SSSR count). The zero-order valence-electron chi connectivity index (χ0n) is 9.87. The monoisotopic (exact) mass is 213 g/mol. The number of aryl methyl sites for hydroxylation is 1. The molecule has 0 fully saturated rings. The summed E-state index contributed by atoms with van der Waals surface area (Å²) in [5, 5.41) is 3.42. The van der Waals surface area contributed by atoms with Crippen LogP contribution < -0.4 is 5.32 Å². The summed E-state index contributed by atoms with van der Waals surface area (Å²) in [6.45, 7) is 2.23. The zero-order valence-corrected chi connectivity index (χ0v) is 9.87. The first-order valence-electron chi connectivity index (χ1n) is 6.10. The van der Waals surface area contributed by atoms with Gasteiger partial charge in [-0.25, -0.2) is 0 Å². The van der Waals surface area contributed by atoms with Crippen molar-refractivity contribution in [1.82, 2.24) is 0 Å². The van der Waals surface area contributed by atoms with Crippen LogP contribution in [0.5, 0.6) is 0 Å². The van der Waals surface area contributed by atoms with Crippen LogP contribution in [0.4, 0.5) is 5.69 Å². The average Bonchev–Trinajstić information content (AvgIpc) is 2.81. The van der Waals surface area contributed by atoms with Crippen LogP contribution in [0.2, 0.25) is 0 Å². The second-order valence-electron chi connectivity index (χ2n) is 4.25. The summed E-state index contributed by atoms with van der Waals surface area (Å²) < 4.78 is 0. The third kappa shape index (κ3) is 2.99. The Balaban J connectivity index is 1.91. The van der Waals surface area contributed by atoms with E-state index in [-0.39, 0.29) is 0 Å². The van der Waals surface area contributed by atoms with Crippen LogP contribution in [0.1, 0.15) is 31.7 Å². The van der Waals surface area contributed by atoms with E-state index in [4.69, 9.17) is 0 Å². The minimum atomic E-state index is 1.03. The van der Waals surface area contributed by atoms with Crippen LogP contribution in [0.3, 0.4) is 0 Å². The maximum Gasteiger partial charge on any atom is 0.0382 e. The van der Waals surface area contributed by atoms with Gasteiger partial charge >= 0.3 is 0 Å². The van der Waals surface area contributed by atoms with Crippen molar-refractivity contribution in [3.05, 3.63) is 53.8 Å². The number of anilines is 1. The molecule has 84 valence electrons. The standard InChI is InChI=1S/C15H19N/c1-2-3-6-13-9-11-15(12-10-13)16-14-7-4-5-8-14/h4-5,7,9-12,16H,2-3,6,8H2,1H3. The Labute approximate surface area is 97.9 Å². The maximum absolute atomic E-state index is 3.42. The molecule has 0 atom stereocenters. The summed E-state index contributed by atoms with van der Waals surface area (Å²) in [5.41, 5.74) is 3.91. The molecule has 0 aromatic heterocycles. The predicted octanol–water partition coefficient (Wildman–Crippen LogP) is 4.28. The summed E-state index contributed by atoms with van der Waals surface area (Å²) in [6.07, 6.45) is 11.2. The molecule has 0 saturated carbocycles. The Bertz CT molecular complexity index is 384. The molecule has 0 bridgehead atoms. The van der Waals surface area contributed by atoms with Gasteiger partial charge in [-0.05, 0) is 36.6 Å². The molecule has 0 aliphatic heterocycles. The highest BCUT2D eigenvalue weighted by molar-refractivity contribution is 5.51. The summed E-state index contributed by atoms with van der Waals surface area (Å²) >= 11 is 0. The molecule has 1 heteroatoms. The molecule has 0 radical (unpaired) electrons. The average molecular weight is 213 g/mol. The number of allylic oxidation sites excluding steroid dienone is 3. The Morgan fingerprint density at radius 2 is 2.00 bits per heavy atom. The number of unbranched alkanes of at least 4 members (excludes halogenated alkanes) is 1. The molecular weight excluding hydrogens is 194 g/mol. The molecule has 1 aliphatic carbocycles. The van der Waals surface area contributed by atoms with Gasteiger partial charge in [0.25, 0.3) is 0 Å². The number of nitrogens with one attached hydrogen (secondary N) is 1. The Morgan fingerprint density at radius 3 is 2.62 bits per heavy atom. The van der Waals surface area contributed by atoms with E-state index in [1.165, 1.54) is 36.2 Å². The van der Waals surface area contributed by atoms with E-state index >= 15 is 0 Å². The molecule has 0 spiro atoms. The van der Waals surface area contributed by atoms with Crippen LogP contribution in [0, 0.1) is 0 Å². The third-order valence-electron chi connectivity index (χ3n) is 2.85. The summed E-state index contributed by atoms with van der Waals surface area (Å²) in [6, 6.07) is 8.79. The van der Waals surface area contributed by atoms with Gasteiger partial charge in [-0.2, -0.15) is 0 Å². The molecule has 0 amide bonds. The first-order valence-corrected chi connectivity index (χ1v) is 6.10. The highest BCUT2D eigenvalue weighted by atomic mass is 14.9. The van der Waals surface area contributed by atoms with Crippen LogP contribution in [0.25, 0.3) is 0 Å². The summed E-state index contributed by atoms with van der Waals surface area (Å²) in [5.74, 6) is 0. The molecule has 1 aliphatic rings. The van der Waals surface area contributed by atoms with Crippen molar-refractivity contribution in [3.8, 4) is 0 Å². The molecular formula is C15H19N. The zero-order chi connectivity index (χ0) is 11.2.